The average Bonchev–Trinajstić information content (AvgIpc) is 2.77. The molecule has 0 spiro atoms. The molecule has 1 N–H and O–H groups in total. The van der Waals surface area contributed by atoms with Crippen LogP contribution in [-0.2, 0) is 14.3 Å². The van der Waals surface area contributed by atoms with Crippen molar-refractivity contribution < 1.29 is 19.1 Å². The summed E-state index contributed by atoms with van der Waals surface area (Å²) < 4.78 is 5.75. The molecule has 1 saturated heterocycles. The maximum absolute atomic E-state index is 12.4. The van der Waals surface area contributed by atoms with Gasteiger partial charge in [0.2, 0.25) is 0 Å². The third-order valence-electron chi connectivity index (χ3n) is 5.16. The van der Waals surface area contributed by atoms with E-state index in [1.165, 1.54) is 11.8 Å². The highest BCUT2D eigenvalue weighted by atomic mass is 32.2. The maximum atomic E-state index is 12.4. The van der Waals surface area contributed by atoms with E-state index in [0.29, 0.717) is 34.6 Å². The van der Waals surface area contributed by atoms with Crippen molar-refractivity contribution in [3.05, 3.63) is 29.8 Å². The number of piperidine rings is 1. The fourth-order valence-electron chi connectivity index (χ4n) is 3.21. The number of nitrogens with zero attached hydrogens (tertiary/aromatic N) is 2. The predicted octanol–water partition coefficient (Wildman–Crippen LogP) is 3.40. The minimum Gasteiger partial charge on any atom is -0.455 e. The molecule has 7 nitrogen and oxygen atoms in total. The Kier molecular flexibility index (Phi) is 10.3. The Labute approximate surface area is 193 Å². The van der Waals surface area contributed by atoms with Crippen LogP contribution in [0.15, 0.2) is 24.3 Å². The van der Waals surface area contributed by atoms with Crippen LogP contribution in [0.2, 0.25) is 0 Å². The lowest BCUT2D eigenvalue weighted by Gasteiger charge is -2.31. The number of thioether (sulfide) groups is 1. The molecule has 2 rings (SSSR count). The Morgan fingerprint density at radius 3 is 2.55 bits per heavy atom. The van der Waals surface area contributed by atoms with Crippen molar-refractivity contribution in [3.8, 4) is 0 Å². The minimum atomic E-state index is -0.488. The Morgan fingerprint density at radius 1 is 1.23 bits per heavy atom. The Hall–Kier alpha value is -2.13. The zero-order valence-electron chi connectivity index (χ0n) is 18.4. The first kappa shape index (κ1) is 25.1. The zero-order chi connectivity index (χ0) is 22.8. The highest BCUT2D eigenvalue weighted by molar-refractivity contribution is 8.23. The van der Waals surface area contributed by atoms with E-state index in [2.05, 4.69) is 17.1 Å². The van der Waals surface area contributed by atoms with E-state index >= 15 is 0 Å². The molecule has 0 unspecified atom stereocenters. The topological polar surface area (TPSA) is 79.0 Å². The van der Waals surface area contributed by atoms with E-state index in [4.69, 9.17) is 17.0 Å². The fourth-order valence-corrected chi connectivity index (χ4v) is 4.26. The molecule has 1 aromatic rings. The van der Waals surface area contributed by atoms with Crippen molar-refractivity contribution in [2.24, 2.45) is 5.92 Å². The number of ether oxygens (including phenoxy) is 1. The number of hydrogen-bond acceptors (Lipinski definition) is 6. The van der Waals surface area contributed by atoms with Gasteiger partial charge in [-0.3, -0.25) is 14.4 Å². The first-order valence-corrected chi connectivity index (χ1v) is 12.0. The van der Waals surface area contributed by atoms with Gasteiger partial charge in [0.05, 0.1) is 5.75 Å². The van der Waals surface area contributed by atoms with Crippen LogP contribution in [0.1, 0.15) is 44.0 Å². The molecular formula is C22H31N3O4S2. The smallest absolute Gasteiger partial charge is 0.316 e. The second kappa shape index (κ2) is 12.7. The van der Waals surface area contributed by atoms with Crippen molar-refractivity contribution in [2.75, 3.05) is 43.9 Å². The van der Waals surface area contributed by atoms with Crippen molar-refractivity contribution in [1.29, 1.82) is 0 Å². The number of carbonyl (C=O) groups excluding carboxylic acids is 3. The molecule has 1 fully saturated rings. The summed E-state index contributed by atoms with van der Waals surface area (Å²) in [5.74, 6) is -0.254. The number of benzene rings is 1. The first-order chi connectivity index (χ1) is 14.8. The standard InChI is InChI=1S/C22H31N3O4S2/c1-4-24(5-2)21(28)17-7-6-8-18(13-17)23-19(26)14-29-20(27)15-31-22(30)25-11-9-16(3)10-12-25/h6-8,13,16H,4-5,9-12,14-15H2,1-3H3,(H,23,26). The normalized spacial score (nSPS) is 14.1. The van der Waals surface area contributed by atoms with Gasteiger partial charge in [0.25, 0.3) is 11.8 Å². The second-order valence-corrected chi connectivity index (χ2v) is 9.10. The van der Waals surface area contributed by atoms with E-state index in [1.54, 1.807) is 29.2 Å². The SMILES string of the molecule is CCN(CC)C(=O)c1cccc(NC(=O)COC(=O)CSC(=S)N2CCC(C)CC2)c1. The molecule has 1 heterocycles. The highest BCUT2D eigenvalue weighted by Crippen LogP contribution is 2.20. The van der Waals surface area contributed by atoms with Gasteiger partial charge in [0, 0.05) is 37.4 Å². The molecule has 0 bridgehead atoms. The van der Waals surface area contributed by atoms with Crippen LogP contribution in [0.25, 0.3) is 0 Å². The van der Waals surface area contributed by atoms with Gasteiger partial charge >= 0.3 is 5.97 Å². The van der Waals surface area contributed by atoms with E-state index in [9.17, 15) is 14.4 Å². The van der Waals surface area contributed by atoms with Crippen LogP contribution in [0.5, 0.6) is 0 Å². The van der Waals surface area contributed by atoms with Crippen LogP contribution in [0.4, 0.5) is 5.69 Å². The third kappa shape index (κ3) is 8.14. The van der Waals surface area contributed by atoms with E-state index in [1.807, 2.05) is 13.8 Å². The van der Waals surface area contributed by atoms with Crippen LogP contribution < -0.4 is 5.32 Å². The zero-order valence-corrected chi connectivity index (χ0v) is 20.0. The maximum Gasteiger partial charge on any atom is 0.316 e. The summed E-state index contributed by atoms with van der Waals surface area (Å²) in [4.78, 5) is 40.4. The number of anilines is 1. The molecule has 0 radical (unpaired) electrons. The second-order valence-electron chi connectivity index (χ2n) is 7.49. The Balaban J connectivity index is 1.75. The van der Waals surface area contributed by atoms with Gasteiger partial charge < -0.3 is 19.9 Å². The molecule has 0 saturated carbocycles. The molecule has 9 heteroatoms. The molecule has 31 heavy (non-hydrogen) atoms. The van der Waals surface area contributed by atoms with E-state index in [0.717, 1.165) is 25.9 Å². The van der Waals surface area contributed by atoms with Crippen LogP contribution in [0.3, 0.4) is 0 Å². The lowest BCUT2D eigenvalue weighted by Crippen LogP contribution is -2.36. The number of rotatable bonds is 8. The van der Waals surface area contributed by atoms with Crippen molar-refractivity contribution in [1.82, 2.24) is 9.80 Å². The lowest BCUT2D eigenvalue weighted by atomic mass is 10.00. The first-order valence-electron chi connectivity index (χ1n) is 10.6. The largest absolute Gasteiger partial charge is 0.455 e. The molecule has 170 valence electrons. The number of likely N-dealkylation sites (tertiary alicyclic amines) is 1. The van der Waals surface area contributed by atoms with E-state index in [-0.39, 0.29) is 18.3 Å². The summed E-state index contributed by atoms with van der Waals surface area (Å²) in [6.07, 6.45) is 2.21. The summed E-state index contributed by atoms with van der Waals surface area (Å²) in [6, 6.07) is 6.72. The van der Waals surface area contributed by atoms with Crippen molar-refractivity contribution >= 4 is 51.8 Å². The number of esters is 1. The molecule has 1 aliphatic rings. The minimum absolute atomic E-state index is 0.0754. The van der Waals surface area contributed by atoms with Gasteiger partial charge in [0.15, 0.2) is 6.61 Å². The van der Waals surface area contributed by atoms with Gasteiger partial charge in [-0.25, -0.2) is 0 Å². The molecule has 0 aliphatic carbocycles. The lowest BCUT2D eigenvalue weighted by molar-refractivity contribution is -0.144. The van der Waals surface area contributed by atoms with Crippen LogP contribution in [-0.4, -0.2) is 70.4 Å². The van der Waals surface area contributed by atoms with Crippen LogP contribution >= 0.6 is 24.0 Å². The summed E-state index contributed by atoms with van der Waals surface area (Å²) in [7, 11) is 0. The quantitative estimate of drug-likeness (QED) is 0.466. The molecular weight excluding hydrogens is 434 g/mol. The van der Waals surface area contributed by atoms with Gasteiger partial charge in [-0.1, -0.05) is 37.0 Å². The average molecular weight is 466 g/mol. The molecule has 1 aromatic carbocycles. The summed E-state index contributed by atoms with van der Waals surface area (Å²) in [5.41, 5.74) is 0.976. The molecule has 0 aromatic heterocycles. The van der Waals surface area contributed by atoms with Crippen LogP contribution in [0, 0.1) is 5.92 Å². The fraction of sp³-hybridized carbons (Fsp3) is 0.545. The number of thiocarbonyl (C=S) groups is 1. The molecule has 0 atom stereocenters. The number of carbonyl (C=O) groups is 3. The Morgan fingerprint density at radius 2 is 1.90 bits per heavy atom. The summed E-state index contributed by atoms with van der Waals surface area (Å²) in [6.45, 7) is 8.73. The van der Waals surface area contributed by atoms with Gasteiger partial charge in [-0.15, -0.1) is 0 Å². The summed E-state index contributed by atoms with van der Waals surface area (Å²) >= 11 is 6.66. The van der Waals surface area contributed by atoms with E-state index < -0.39 is 11.9 Å². The summed E-state index contributed by atoms with van der Waals surface area (Å²) in [5, 5.41) is 2.66. The number of amides is 2. The molecule has 1 aliphatic heterocycles. The number of hydrogen-bond donors (Lipinski definition) is 1. The monoisotopic (exact) mass is 465 g/mol. The van der Waals surface area contributed by atoms with Gasteiger partial charge in [0.1, 0.15) is 4.32 Å². The van der Waals surface area contributed by atoms with Crippen molar-refractivity contribution in [2.45, 2.75) is 33.6 Å². The third-order valence-corrected chi connectivity index (χ3v) is 6.66. The highest BCUT2D eigenvalue weighted by Gasteiger charge is 2.19. The molecule has 2 amide bonds. The van der Waals surface area contributed by atoms with Crippen molar-refractivity contribution in [3.63, 3.8) is 0 Å². The van der Waals surface area contributed by atoms with Gasteiger partial charge in [-0.2, -0.15) is 0 Å². The number of nitrogens with one attached hydrogen (secondary N) is 1. The predicted molar refractivity (Wildman–Crippen MR) is 128 cm³/mol. The Bertz CT molecular complexity index is 791. The van der Waals surface area contributed by atoms with Gasteiger partial charge in [-0.05, 0) is 50.8 Å².